The zero-order valence-corrected chi connectivity index (χ0v) is 11.5. The highest BCUT2D eigenvalue weighted by Gasteiger charge is 2.16. The fraction of sp³-hybridized carbons (Fsp3) is 0.143. The Labute approximate surface area is 121 Å². The van der Waals surface area contributed by atoms with Crippen molar-refractivity contribution in [2.24, 2.45) is 5.84 Å². The maximum atomic E-state index is 14.0. The number of nitrogens with two attached hydrogens (primary N) is 1. The molecule has 100 valence electrons. The predicted octanol–water partition coefficient (Wildman–Crippen LogP) is 3.88. The van der Waals surface area contributed by atoms with Crippen LogP contribution in [0.5, 0.6) is 0 Å². The fourth-order valence-electron chi connectivity index (χ4n) is 1.95. The molecule has 1 atom stereocenters. The minimum atomic E-state index is -0.450. The first kappa shape index (κ1) is 14.3. The van der Waals surface area contributed by atoms with Crippen LogP contribution < -0.4 is 11.3 Å². The zero-order valence-electron chi connectivity index (χ0n) is 10.0. The predicted molar refractivity (Wildman–Crippen MR) is 76.6 cm³/mol. The Hall–Kier alpha value is -1.13. The second-order valence-electron chi connectivity index (χ2n) is 4.20. The third-order valence-electron chi connectivity index (χ3n) is 2.89. The average molecular weight is 299 g/mol. The molecule has 0 fully saturated rings. The summed E-state index contributed by atoms with van der Waals surface area (Å²) < 4.78 is 14.0. The number of halogens is 3. The van der Waals surface area contributed by atoms with Crippen LogP contribution in [0.3, 0.4) is 0 Å². The third-order valence-corrected chi connectivity index (χ3v) is 3.41. The minimum absolute atomic E-state index is 0.0869. The molecule has 0 amide bonds. The smallest absolute Gasteiger partial charge is 0.146 e. The maximum absolute atomic E-state index is 14.0. The largest absolute Gasteiger partial charge is 0.271 e. The number of rotatable bonds is 4. The van der Waals surface area contributed by atoms with E-state index in [4.69, 9.17) is 29.0 Å². The second kappa shape index (κ2) is 6.35. The highest BCUT2D eigenvalue weighted by atomic mass is 35.5. The van der Waals surface area contributed by atoms with Crippen molar-refractivity contribution in [3.63, 3.8) is 0 Å². The molecule has 1 unspecified atom stereocenters. The molecule has 0 saturated carbocycles. The van der Waals surface area contributed by atoms with E-state index in [1.165, 1.54) is 6.07 Å². The van der Waals surface area contributed by atoms with Crippen molar-refractivity contribution >= 4 is 23.2 Å². The highest BCUT2D eigenvalue weighted by molar-refractivity contribution is 6.31. The lowest BCUT2D eigenvalue weighted by atomic mass is 9.99. The van der Waals surface area contributed by atoms with E-state index >= 15 is 0 Å². The van der Waals surface area contributed by atoms with E-state index in [2.05, 4.69) is 5.43 Å². The molecule has 0 aliphatic rings. The quantitative estimate of drug-likeness (QED) is 0.664. The molecule has 0 heterocycles. The molecule has 0 spiro atoms. The van der Waals surface area contributed by atoms with E-state index in [0.717, 1.165) is 5.56 Å². The van der Waals surface area contributed by atoms with Gasteiger partial charge in [0.1, 0.15) is 5.82 Å². The van der Waals surface area contributed by atoms with Crippen molar-refractivity contribution in [1.82, 2.24) is 5.43 Å². The summed E-state index contributed by atoms with van der Waals surface area (Å²) in [6.45, 7) is 0. The van der Waals surface area contributed by atoms with Crippen molar-refractivity contribution in [3.05, 3.63) is 69.5 Å². The van der Waals surface area contributed by atoms with Gasteiger partial charge in [-0.1, -0.05) is 47.5 Å². The van der Waals surface area contributed by atoms with E-state index in [0.29, 0.717) is 17.0 Å². The first-order valence-electron chi connectivity index (χ1n) is 5.76. The molecule has 2 nitrogen and oxygen atoms in total. The first-order chi connectivity index (χ1) is 9.11. The Kier molecular flexibility index (Phi) is 4.77. The third kappa shape index (κ3) is 3.45. The van der Waals surface area contributed by atoms with Gasteiger partial charge in [-0.3, -0.25) is 11.3 Å². The summed E-state index contributed by atoms with van der Waals surface area (Å²) in [5, 5.41) is 0.726. The van der Waals surface area contributed by atoms with Gasteiger partial charge < -0.3 is 0 Å². The van der Waals surface area contributed by atoms with E-state index in [1.807, 2.05) is 18.2 Å². The number of hydrogen-bond acceptors (Lipinski definition) is 2. The van der Waals surface area contributed by atoms with E-state index in [9.17, 15) is 4.39 Å². The molecule has 2 aromatic carbocycles. The Morgan fingerprint density at radius 2 is 1.89 bits per heavy atom. The molecular formula is C14H13Cl2FN2. The number of benzene rings is 2. The first-order valence-corrected chi connectivity index (χ1v) is 6.52. The highest BCUT2D eigenvalue weighted by Crippen LogP contribution is 2.26. The molecule has 0 aliphatic heterocycles. The van der Waals surface area contributed by atoms with Crippen LogP contribution >= 0.6 is 23.2 Å². The molecule has 0 saturated heterocycles. The standard InChI is InChI=1S/C14H13Cl2FN2/c15-10-4-1-3-9(7-10)8-13(19-18)11-5-2-6-12(16)14(11)17/h1-7,13,19H,8,18H2. The van der Waals surface area contributed by atoms with Crippen LogP contribution in [0, 0.1) is 5.82 Å². The topological polar surface area (TPSA) is 38.0 Å². The van der Waals surface area contributed by atoms with Gasteiger partial charge in [-0.05, 0) is 30.2 Å². The SMILES string of the molecule is NNC(Cc1cccc(Cl)c1)c1cccc(Cl)c1F. The second-order valence-corrected chi connectivity index (χ2v) is 5.04. The summed E-state index contributed by atoms with van der Waals surface area (Å²) in [5.74, 6) is 5.07. The van der Waals surface area contributed by atoms with Crippen LogP contribution in [0.25, 0.3) is 0 Å². The van der Waals surface area contributed by atoms with Crippen LogP contribution in [0.4, 0.5) is 4.39 Å². The van der Waals surface area contributed by atoms with Gasteiger partial charge in [0.25, 0.3) is 0 Å². The Bertz CT molecular complexity index is 575. The summed E-state index contributed by atoms with van der Waals surface area (Å²) in [7, 11) is 0. The van der Waals surface area contributed by atoms with Gasteiger partial charge in [0.2, 0.25) is 0 Å². The summed E-state index contributed by atoms with van der Waals surface area (Å²) >= 11 is 11.7. The van der Waals surface area contributed by atoms with E-state index in [-0.39, 0.29) is 11.1 Å². The van der Waals surface area contributed by atoms with Crippen molar-refractivity contribution in [3.8, 4) is 0 Å². The molecule has 0 aliphatic carbocycles. The Balaban J connectivity index is 2.28. The summed E-state index contributed by atoms with van der Waals surface area (Å²) in [6, 6.07) is 11.9. The van der Waals surface area contributed by atoms with Gasteiger partial charge in [0.15, 0.2) is 0 Å². The summed E-state index contributed by atoms with van der Waals surface area (Å²) in [6.07, 6.45) is 0.522. The molecule has 19 heavy (non-hydrogen) atoms. The van der Waals surface area contributed by atoms with Crippen molar-refractivity contribution < 1.29 is 4.39 Å². The van der Waals surface area contributed by atoms with Gasteiger partial charge in [0, 0.05) is 10.6 Å². The summed E-state index contributed by atoms with van der Waals surface area (Å²) in [4.78, 5) is 0. The van der Waals surface area contributed by atoms with Crippen LogP contribution in [-0.4, -0.2) is 0 Å². The molecule has 2 aromatic rings. The van der Waals surface area contributed by atoms with Gasteiger partial charge in [-0.25, -0.2) is 4.39 Å². The normalized spacial score (nSPS) is 12.4. The molecular weight excluding hydrogens is 286 g/mol. The molecule has 0 radical (unpaired) electrons. The van der Waals surface area contributed by atoms with Crippen LogP contribution in [0.15, 0.2) is 42.5 Å². The molecule has 0 bridgehead atoms. The zero-order chi connectivity index (χ0) is 13.8. The van der Waals surface area contributed by atoms with Crippen molar-refractivity contribution in [2.45, 2.75) is 12.5 Å². The minimum Gasteiger partial charge on any atom is -0.271 e. The lowest BCUT2D eigenvalue weighted by Crippen LogP contribution is -2.30. The monoisotopic (exact) mass is 298 g/mol. The van der Waals surface area contributed by atoms with Crippen molar-refractivity contribution in [1.29, 1.82) is 0 Å². The van der Waals surface area contributed by atoms with Gasteiger partial charge in [-0.2, -0.15) is 0 Å². The Morgan fingerprint density at radius 1 is 1.16 bits per heavy atom. The number of hydrogen-bond donors (Lipinski definition) is 2. The lowest BCUT2D eigenvalue weighted by molar-refractivity contribution is 0.511. The number of hydrazine groups is 1. The van der Waals surface area contributed by atoms with E-state index < -0.39 is 5.82 Å². The van der Waals surface area contributed by atoms with Gasteiger partial charge in [-0.15, -0.1) is 0 Å². The Morgan fingerprint density at radius 3 is 2.58 bits per heavy atom. The van der Waals surface area contributed by atoms with Gasteiger partial charge >= 0.3 is 0 Å². The molecule has 0 aromatic heterocycles. The molecule has 2 rings (SSSR count). The van der Waals surface area contributed by atoms with Crippen LogP contribution in [-0.2, 0) is 6.42 Å². The van der Waals surface area contributed by atoms with Crippen molar-refractivity contribution in [2.75, 3.05) is 0 Å². The summed E-state index contributed by atoms with van der Waals surface area (Å²) in [5.41, 5.74) is 4.02. The van der Waals surface area contributed by atoms with Crippen LogP contribution in [0.1, 0.15) is 17.2 Å². The number of nitrogens with one attached hydrogen (secondary N) is 1. The molecule has 3 N–H and O–H groups in total. The maximum Gasteiger partial charge on any atom is 0.146 e. The molecule has 5 heteroatoms. The van der Waals surface area contributed by atoms with Crippen LogP contribution in [0.2, 0.25) is 10.0 Å². The lowest BCUT2D eigenvalue weighted by Gasteiger charge is -2.17. The van der Waals surface area contributed by atoms with E-state index in [1.54, 1.807) is 18.2 Å². The fourth-order valence-corrected chi connectivity index (χ4v) is 2.34. The average Bonchev–Trinajstić information content (AvgIpc) is 2.40. The van der Waals surface area contributed by atoms with Gasteiger partial charge in [0.05, 0.1) is 11.1 Å².